The number of aryl methyl sites for hydroxylation is 1. The lowest BCUT2D eigenvalue weighted by Gasteiger charge is -2.08. The van der Waals surface area contributed by atoms with Gasteiger partial charge in [-0.1, -0.05) is 0 Å². The Balaban J connectivity index is 3.60. The zero-order chi connectivity index (χ0) is 10.2. The van der Waals surface area contributed by atoms with E-state index in [1.54, 1.807) is 17.7 Å². The highest BCUT2D eigenvalue weighted by atomic mass is 16.1. The van der Waals surface area contributed by atoms with E-state index in [0.29, 0.717) is 5.56 Å². The number of Topliss-reactive ketones (excluding diaryl/α,β-unsaturated/α-hetero) is 1. The molecule has 0 saturated heterocycles. The molecule has 0 aliphatic carbocycles. The van der Waals surface area contributed by atoms with Gasteiger partial charge in [-0.05, 0) is 20.8 Å². The molecule has 0 N–H and O–H groups in total. The Morgan fingerprint density at radius 3 is 2.38 bits per heavy atom. The summed E-state index contributed by atoms with van der Waals surface area (Å²) in [5.74, 6) is -0.177. The van der Waals surface area contributed by atoms with E-state index in [-0.39, 0.29) is 16.8 Å². The molecule has 0 bridgehead atoms. The highest BCUT2D eigenvalue weighted by Gasteiger charge is 2.10. The normalized spacial score (nSPS) is 10.2. The molecular weight excluding hydrogens is 166 g/mol. The van der Waals surface area contributed by atoms with Crippen LogP contribution in [0.5, 0.6) is 0 Å². The Labute approximate surface area is 77.0 Å². The first kappa shape index (κ1) is 9.71. The van der Waals surface area contributed by atoms with Crippen LogP contribution in [0, 0.1) is 13.8 Å². The number of hydrogen-bond donors (Lipinski definition) is 0. The van der Waals surface area contributed by atoms with Gasteiger partial charge in [0.15, 0.2) is 11.2 Å². The smallest absolute Gasteiger partial charge is 0.195 e. The Morgan fingerprint density at radius 2 is 1.92 bits per heavy atom. The number of hydrogen-bond acceptors (Lipinski definition) is 2. The number of carbonyl (C=O) groups excluding carboxylic acids is 1. The van der Waals surface area contributed by atoms with Gasteiger partial charge in [0.25, 0.3) is 0 Å². The fourth-order valence-corrected chi connectivity index (χ4v) is 1.23. The van der Waals surface area contributed by atoms with Gasteiger partial charge in [-0.25, -0.2) is 0 Å². The molecule has 0 spiro atoms. The van der Waals surface area contributed by atoms with Crippen molar-refractivity contribution in [1.29, 1.82) is 0 Å². The van der Waals surface area contributed by atoms with Gasteiger partial charge in [0.2, 0.25) is 0 Å². The van der Waals surface area contributed by atoms with Crippen LogP contribution in [-0.2, 0) is 7.05 Å². The fourth-order valence-electron chi connectivity index (χ4n) is 1.23. The zero-order valence-corrected chi connectivity index (χ0v) is 8.34. The zero-order valence-electron chi connectivity index (χ0n) is 8.34. The largest absolute Gasteiger partial charge is 0.353 e. The lowest BCUT2D eigenvalue weighted by molar-refractivity contribution is 0.101. The van der Waals surface area contributed by atoms with Gasteiger partial charge in [0.1, 0.15) is 0 Å². The third-order valence-corrected chi connectivity index (χ3v) is 2.36. The van der Waals surface area contributed by atoms with Crippen LogP contribution in [0.4, 0.5) is 0 Å². The second kappa shape index (κ2) is 3.17. The van der Waals surface area contributed by atoms with Crippen molar-refractivity contribution >= 4 is 5.78 Å². The molecule has 0 aliphatic rings. The molecule has 0 aliphatic heterocycles. The fraction of sp³-hybridized carbons (Fsp3) is 0.400. The summed E-state index contributed by atoms with van der Waals surface area (Å²) in [5.41, 5.74) is 1.67. The number of aromatic nitrogens is 1. The van der Waals surface area contributed by atoms with Crippen LogP contribution in [-0.4, -0.2) is 10.4 Å². The summed E-state index contributed by atoms with van der Waals surface area (Å²) in [4.78, 5) is 22.6. The number of ketones is 1. The van der Waals surface area contributed by atoms with E-state index in [9.17, 15) is 9.59 Å². The SMILES string of the molecule is CC(=O)c1cn(C)c(C)c(C)c1=O. The first-order chi connectivity index (χ1) is 5.95. The van der Waals surface area contributed by atoms with Crippen LogP contribution in [0.25, 0.3) is 0 Å². The summed E-state index contributed by atoms with van der Waals surface area (Å²) in [5, 5.41) is 0. The van der Waals surface area contributed by atoms with Gasteiger partial charge in [-0.15, -0.1) is 0 Å². The topological polar surface area (TPSA) is 39.1 Å². The molecule has 0 saturated carbocycles. The quantitative estimate of drug-likeness (QED) is 0.608. The van der Waals surface area contributed by atoms with Crippen molar-refractivity contribution in [1.82, 2.24) is 4.57 Å². The average Bonchev–Trinajstić information content (AvgIpc) is 2.07. The van der Waals surface area contributed by atoms with Crippen LogP contribution >= 0.6 is 0 Å². The van der Waals surface area contributed by atoms with E-state index >= 15 is 0 Å². The lowest BCUT2D eigenvalue weighted by atomic mass is 10.1. The molecule has 0 atom stereocenters. The molecule has 0 amide bonds. The standard InChI is InChI=1S/C10H13NO2/c1-6-7(2)11(4)5-9(8(3)12)10(6)13/h5H,1-4H3. The third-order valence-electron chi connectivity index (χ3n) is 2.36. The van der Waals surface area contributed by atoms with Crippen LogP contribution in [0.15, 0.2) is 11.0 Å². The lowest BCUT2D eigenvalue weighted by Crippen LogP contribution is -2.20. The first-order valence-electron chi connectivity index (χ1n) is 4.13. The maximum Gasteiger partial charge on any atom is 0.195 e. The van der Waals surface area contributed by atoms with Crippen LogP contribution < -0.4 is 5.43 Å². The molecule has 1 heterocycles. The van der Waals surface area contributed by atoms with E-state index in [0.717, 1.165) is 5.69 Å². The predicted molar refractivity (Wildman–Crippen MR) is 51.2 cm³/mol. The summed E-state index contributed by atoms with van der Waals surface area (Å²) in [7, 11) is 1.83. The van der Waals surface area contributed by atoms with Crippen LogP contribution in [0.3, 0.4) is 0 Å². The Hall–Kier alpha value is -1.38. The molecule has 0 aromatic carbocycles. The molecule has 3 nitrogen and oxygen atoms in total. The van der Waals surface area contributed by atoms with Gasteiger partial charge in [-0.3, -0.25) is 9.59 Å². The second-order valence-corrected chi connectivity index (χ2v) is 3.25. The molecule has 0 unspecified atom stereocenters. The average molecular weight is 179 g/mol. The summed E-state index contributed by atoms with van der Waals surface area (Å²) in [6.07, 6.45) is 1.59. The molecule has 0 fully saturated rings. The van der Waals surface area contributed by atoms with Crippen molar-refractivity contribution in [2.45, 2.75) is 20.8 Å². The van der Waals surface area contributed by atoms with E-state index in [1.807, 2.05) is 14.0 Å². The molecular formula is C10H13NO2. The molecule has 0 radical (unpaired) electrons. The van der Waals surface area contributed by atoms with Crippen molar-refractivity contribution in [3.8, 4) is 0 Å². The minimum absolute atomic E-state index is 0.150. The van der Waals surface area contributed by atoms with Gasteiger partial charge < -0.3 is 4.57 Å². The third kappa shape index (κ3) is 1.54. The van der Waals surface area contributed by atoms with E-state index in [4.69, 9.17) is 0 Å². The minimum atomic E-state index is -0.177. The van der Waals surface area contributed by atoms with E-state index in [1.165, 1.54) is 6.92 Å². The summed E-state index contributed by atoms with van der Waals surface area (Å²) in [6.45, 7) is 5.01. The van der Waals surface area contributed by atoms with Gasteiger partial charge in [0, 0.05) is 24.5 Å². The number of nitrogens with zero attached hydrogens (tertiary/aromatic N) is 1. The van der Waals surface area contributed by atoms with E-state index in [2.05, 4.69) is 0 Å². The molecule has 3 heteroatoms. The maximum absolute atomic E-state index is 11.5. The molecule has 1 aromatic rings. The van der Waals surface area contributed by atoms with Crippen LogP contribution in [0.1, 0.15) is 28.5 Å². The van der Waals surface area contributed by atoms with Crippen molar-refractivity contribution in [2.75, 3.05) is 0 Å². The van der Waals surface area contributed by atoms with Gasteiger partial charge in [0.05, 0.1) is 5.56 Å². The second-order valence-electron chi connectivity index (χ2n) is 3.25. The van der Waals surface area contributed by atoms with Crippen molar-refractivity contribution in [3.05, 3.63) is 33.2 Å². The number of carbonyl (C=O) groups is 1. The number of rotatable bonds is 1. The van der Waals surface area contributed by atoms with E-state index < -0.39 is 0 Å². The highest BCUT2D eigenvalue weighted by molar-refractivity contribution is 5.93. The summed E-state index contributed by atoms with van der Waals surface area (Å²) >= 11 is 0. The first-order valence-corrected chi connectivity index (χ1v) is 4.13. The molecule has 1 aromatic heterocycles. The highest BCUT2D eigenvalue weighted by Crippen LogP contribution is 2.03. The Morgan fingerprint density at radius 1 is 1.38 bits per heavy atom. The molecule has 70 valence electrons. The summed E-state index contributed by atoms with van der Waals surface area (Å²) < 4.78 is 1.80. The Bertz CT molecular complexity index is 416. The summed E-state index contributed by atoms with van der Waals surface area (Å²) in [6, 6.07) is 0. The minimum Gasteiger partial charge on any atom is -0.353 e. The van der Waals surface area contributed by atoms with Gasteiger partial charge >= 0.3 is 0 Å². The van der Waals surface area contributed by atoms with Crippen molar-refractivity contribution in [2.24, 2.45) is 7.05 Å². The van der Waals surface area contributed by atoms with Crippen molar-refractivity contribution < 1.29 is 4.79 Å². The monoisotopic (exact) mass is 179 g/mol. The predicted octanol–water partition coefficient (Wildman–Crippen LogP) is 1.20. The molecule has 1 rings (SSSR count). The Kier molecular flexibility index (Phi) is 2.36. The number of pyridine rings is 1. The van der Waals surface area contributed by atoms with Crippen LogP contribution in [0.2, 0.25) is 0 Å². The maximum atomic E-state index is 11.5. The molecule has 13 heavy (non-hydrogen) atoms. The van der Waals surface area contributed by atoms with Gasteiger partial charge in [-0.2, -0.15) is 0 Å². The van der Waals surface area contributed by atoms with Crippen molar-refractivity contribution in [3.63, 3.8) is 0 Å².